The number of hydrogen-bond acceptors (Lipinski definition) is 4. The Kier molecular flexibility index (Phi) is 5.18. The summed E-state index contributed by atoms with van der Waals surface area (Å²) >= 11 is 0. The van der Waals surface area contributed by atoms with E-state index in [2.05, 4.69) is 22.6 Å². The van der Waals surface area contributed by atoms with E-state index in [4.69, 9.17) is 5.11 Å². The third-order valence-corrected chi connectivity index (χ3v) is 3.54. The predicted molar refractivity (Wildman–Crippen MR) is 63.6 cm³/mol. The Labute approximate surface area is 97.2 Å². The highest BCUT2D eigenvalue weighted by atomic mass is 16.4. The van der Waals surface area contributed by atoms with Crippen LogP contribution in [-0.2, 0) is 4.79 Å². The maximum atomic E-state index is 11.1. The van der Waals surface area contributed by atoms with Gasteiger partial charge >= 0.3 is 5.97 Å². The zero-order chi connectivity index (χ0) is 12.1. The molecule has 1 rings (SSSR count). The number of piperidine rings is 1. The number of likely N-dealkylation sites (tertiary alicyclic amines) is 1. The number of aliphatic carboxylic acids is 1. The topological polar surface area (TPSA) is 64.6 Å². The first-order chi connectivity index (χ1) is 7.60. The molecule has 0 amide bonds. The minimum absolute atomic E-state index is 0.0104. The molecule has 5 heteroatoms. The summed E-state index contributed by atoms with van der Waals surface area (Å²) in [6, 6.07) is -0.491. The Balaban J connectivity index is 2.62. The van der Waals surface area contributed by atoms with Crippen LogP contribution < -0.4 is 10.6 Å². The fraction of sp³-hybridized carbons (Fsp3) is 0.909. The number of carbonyl (C=O) groups is 1. The summed E-state index contributed by atoms with van der Waals surface area (Å²) in [5.41, 5.74) is 0. The summed E-state index contributed by atoms with van der Waals surface area (Å²) in [5, 5.41) is 15.2. The number of nitrogens with one attached hydrogen (secondary N) is 2. The van der Waals surface area contributed by atoms with Gasteiger partial charge in [0.2, 0.25) is 0 Å². The number of carboxylic acid groups (broad SMARTS) is 1. The molecule has 2 unspecified atom stereocenters. The minimum atomic E-state index is -0.777. The van der Waals surface area contributed by atoms with Gasteiger partial charge in [-0.3, -0.25) is 4.79 Å². The van der Waals surface area contributed by atoms with Crippen LogP contribution >= 0.6 is 0 Å². The van der Waals surface area contributed by atoms with Crippen molar-refractivity contribution >= 4 is 5.97 Å². The SMILES string of the molecule is CNC(C(=O)O)C(NC)C1CCN(C)CC1. The molecule has 3 N–H and O–H groups in total. The van der Waals surface area contributed by atoms with E-state index in [-0.39, 0.29) is 6.04 Å². The van der Waals surface area contributed by atoms with Gasteiger partial charge in [0.25, 0.3) is 0 Å². The van der Waals surface area contributed by atoms with Crippen molar-refractivity contribution in [3.8, 4) is 0 Å². The molecule has 0 aliphatic carbocycles. The molecule has 0 saturated carbocycles. The molecule has 0 aromatic heterocycles. The molecule has 0 aromatic rings. The Morgan fingerprint density at radius 1 is 1.31 bits per heavy atom. The van der Waals surface area contributed by atoms with E-state index in [0.717, 1.165) is 25.9 Å². The molecular weight excluding hydrogens is 206 g/mol. The summed E-state index contributed by atoms with van der Waals surface area (Å²) in [5.74, 6) is -0.337. The van der Waals surface area contributed by atoms with Gasteiger partial charge in [-0.25, -0.2) is 0 Å². The second kappa shape index (κ2) is 6.18. The lowest BCUT2D eigenvalue weighted by Crippen LogP contribution is -2.55. The molecule has 0 bridgehead atoms. The Hall–Kier alpha value is -0.650. The highest BCUT2D eigenvalue weighted by Gasteiger charge is 2.33. The maximum absolute atomic E-state index is 11.1. The summed E-state index contributed by atoms with van der Waals surface area (Å²) in [4.78, 5) is 13.4. The summed E-state index contributed by atoms with van der Waals surface area (Å²) in [6.07, 6.45) is 2.13. The number of nitrogens with zero attached hydrogens (tertiary/aromatic N) is 1. The zero-order valence-electron chi connectivity index (χ0n) is 10.4. The van der Waals surface area contributed by atoms with Gasteiger partial charge in [-0.15, -0.1) is 0 Å². The van der Waals surface area contributed by atoms with Crippen LogP contribution in [0.4, 0.5) is 0 Å². The molecule has 5 nitrogen and oxygen atoms in total. The van der Waals surface area contributed by atoms with Crippen LogP contribution in [-0.4, -0.2) is 62.3 Å². The van der Waals surface area contributed by atoms with E-state index in [1.54, 1.807) is 7.05 Å². The molecule has 1 aliphatic rings. The lowest BCUT2D eigenvalue weighted by Gasteiger charge is -2.36. The van der Waals surface area contributed by atoms with Crippen LogP contribution in [0.2, 0.25) is 0 Å². The largest absolute Gasteiger partial charge is 0.480 e. The van der Waals surface area contributed by atoms with Crippen LogP contribution in [0, 0.1) is 5.92 Å². The van der Waals surface area contributed by atoms with Crippen LogP contribution in [0.25, 0.3) is 0 Å². The van der Waals surface area contributed by atoms with Gasteiger partial charge in [0.1, 0.15) is 6.04 Å². The number of rotatable bonds is 5. The van der Waals surface area contributed by atoms with E-state index < -0.39 is 12.0 Å². The average Bonchev–Trinajstić information content (AvgIpc) is 2.26. The van der Waals surface area contributed by atoms with E-state index in [0.29, 0.717) is 5.92 Å². The van der Waals surface area contributed by atoms with E-state index in [1.165, 1.54) is 0 Å². The van der Waals surface area contributed by atoms with Crippen LogP contribution in [0.1, 0.15) is 12.8 Å². The second-order valence-electron chi connectivity index (χ2n) is 4.56. The van der Waals surface area contributed by atoms with Gasteiger partial charge in [-0.1, -0.05) is 0 Å². The Morgan fingerprint density at radius 2 is 1.88 bits per heavy atom. The van der Waals surface area contributed by atoms with Crippen molar-refractivity contribution in [1.29, 1.82) is 0 Å². The molecule has 2 atom stereocenters. The maximum Gasteiger partial charge on any atom is 0.322 e. The molecule has 0 aromatic carbocycles. The lowest BCUT2D eigenvalue weighted by molar-refractivity contribution is -0.140. The average molecular weight is 229 g/mol. The van der Waals surface area contributed by atoms with Gasteiger partial charge in [-0.2, -0.15) is 0 Å². The third kappa shape index (κ3) is 3.17. The summed E-state index contributed by atoms with van der Waals surface area (Å²) < 4.78 is 0. The predicted octanol–water partition coefficient (Wildman–Crippen LogP) is -0.411. The molecule has 1 fully saturated rings. The summed E-state index contributed by atoms with van der Waals surface area (Å²) in [6.45, 7) is 2.11. The fourth-order valence-electron chi connectivity index (χ4n) is 2.52. The first-order valence-electron chi connectivity index (χ1n) is 5.86. The Morgan fingerprint density at radius 3 is 2.25 bits per heavy atom. The van der Waals surface area contributed by atoms with Crippen molar-refractivity contribution in [2.75, 3.05) is 34.2 Å². The van der Waals surface area contributed by atoms with E-state index >= 15 is 0 Å². The first-order valence-corrected chi connectivity index (χ1v) is 5.86. The minimum Gasteiger partial charge on any atom is -0.480 e. The van der Waals surface area contributed by atoms with Crippen molar-refractivity contribution in [2.45, 2.75) is 24.9 Å². The molecule has 94 valence electrons. The van der Waals surface area contributed by atoms with Crippen molar-refractivity contribution in [3.63, 3.8) is 0 Å². The number of likely N-dealkylation sites (N-methyl/N-ethyl adjacent to an activating group) is 2. The normalized spacial score (nSPS) is 22.9. The number of carboxylic acids is 1. The smallest absolute Gasteiger partial charge is 0.322 e. The van der Waals surface area contributed by atoms with Gasteiger partial charge in [0.15, 0.2) is 0 Å². The second-order valence-corrected chi connectivity index (χ2v) is 4.56. The first kappa shape index (κ1) is 13.4. The van der Waals surface area contributed by atoms with Crippen molar-refractivity contribution in [1.82, 2.24) is 15.5 Å². The zero-order valence-corrected chi connectivity index (χ0v) is 10.4. The van der Waals surface area contributed by atoms with Crippen LogP contribution in [0.15, 0.2) is 0 Å². The Bertz CT molecular complexity index is 227. The van der Waals surface area contributed by atoms with Gasteiger partial charge in [-0.05, 0) is 53.0 Å². The van der Waals surface area contributed by atoms with Gasteiger partial charge < -0.3 is 20.6 Å². The van der Waals surface area contributed by atoms with Gasteiger partial charge in [0.05, 0.1) is 0 Å². The monoisotopic (exact) mass is 229 g/mol. The highest BCUT2D eigenvalue weighted by molar-refractivity contribution is 5.74. The standard InChI is InChI=1S/C11H23N3O2/c1-12-9(10(13-2)11(15)16)8-4-6-14(3)7-5-8/h8-10,12-13H,4-7H2,1-3H3,(H,15,16). The number of hydrogen-bond donors (Lipinski definition) is 3. The molecule has 1 heterocycles. The lowest BCUT2D eigenvalue weighted by atomic mass is 9.85. The molecule has 0 spiro atoms. The molecular formula is C11H23N3O2. The van der Waals surface area contributed by atoms with E-state index in [1.807, 2.05) is 7.05 Å². The molecule has 1 aliphatic heterocycles. The van der Waals surface area contributed by atoms with Crippen molar-refractivity contribution < 1.29 is 9.90 Å². The molecule has 0 radical (unpaired) electrons. The van der Waals surface area contributed by atoms with Crippen molar-refractivity contribution in [3.05, 3.63) is 0 Å². The quantitative estimate of drug-likeness (QED) is 0.598. The van der Waals surface area contributed by atoms with E-state index in [9.17, 15) is 4.79 Å². The third-order valence-electron chi connectivity index (χ3n) is 3.54. The van der Waals surface area contributed by atoms with Crippen LogP contribution in [0.3, 0.4) is 0 Å². The van der Waals surface area contributed by atoms with Crippen LogP contribution in [0.5, 0.6) is 0 Å². The van der Waals surface area contributed by atoms with Gasteiger partial charge in [0, 0.05) is 6.04 Å². The molecule has 1 saturated heterocycles. The summed E-state index contributed by atoms with van der Waals surface area (Å²) in [7, 11) is 5.66. The van der Waals surface area contributed by atoms with Crippen molar-refractivity contribution in [2.24, 2.45) is 5.92 Å². The fourth-order valence-corrected chi connectivity index (χ4v) is 2.52. The molecule has 16 heavy (non-hydrogen) atoms. The highest BCUT2D eigenvalue weighted by Crippen LogP contribution is 2.21.